The van der Waals surface area contributed by atoms with E-state index in [-0.39, 0.29) is 5.79 Å². The van der Waals surface area contributed by atoms with Gasteiger partial charge in [-0.15, -0.1) is 0 Å². The third-order valence-corrected chi connectivity index (χ3v) is 3.25. The predicted octanol–water partition coefficient (Wildman–Crippen LogP) is 2.49. The number of nitrogens with one attached hydrogen (secondary N) is 1. The molecule has 16 heavy (non-hydrogen) atoms. The first-order valence-corrected chi connectivity index (χ1v) is 6.30. The van der Waals surface area contributed by atoms with Gasteiger partial charge < -0.3 is 0 Å². The van der Waals surface area contributed by atoms with E-state index in [2.05, 4.69) is 55.4 Å². The summed E-state index contributed by atoms with van der Waals surface area (Å²) in [5.74, 6) is -0.380. The number of hydrogen-bond acceptors (Lipinski definition) is 4. The van der Waals surface area contributed by atoms with Crippen molar-refractivity contribution in [2.24, 2.45) is 4.99 Å². The zero-order chi connectivity index (χ0) is 12.6. The second kappa shape index (κ2) is 7.55. The maximum absolute atomic E-state index is 7.18. The van der Waals surface area contributed by atoms with Crippen LogP contribution in [0, 0.1) is 5.41 Å². The normalized spacial score (nSPS) is 11.9. The van der Waals surface area contributed by atoms with Crippen LogP contribution in [-0.4, -0.2) is 47.8 Å². The number of aliphatic imine (C=N–C) groups is 1. The zero-order valence-electron chi connectivity index (χ0n) is 11.4. The lowest BCUT2D eigenvalue weighted by Gasteiger charge is -2.45. The smallest absolute Gasteiger partial charge is 0.179 e. The van der Waals surface area contributed by atoms with Crippen LogP contribution in [0.4, 0.5) is 0 Å². The van der Waals surface area contributed by atoms with Crippen molar-refractivity contribution in [3.8, 4) is 0 Å². The van der Waals surface area contributed by atoms with Crippen molar-refractivity contribution in [1.82, 2.24) is 9.80 Å². The maximum Gasteiger partial charge on any atom is 0.179 e. The highest BCUT2D eigenvalue weighted by molar-refractivity contribution is 5.37. The summed E-state index contributed by atoms with van der Waals surface area (Å²) in [6.45, 7) is 14.4. The molecule has 4 nitrogen and oxygen atoms in total. The van der Waals surface area contributed by atoms with Crippen LogP contribution in [0.1, 0.15) is 41.0 Å². The van der Waals surface area contributed by atoms with Gasteiger partial charge in [0.1, 0.15) is 0 Å². The van der Waals surface area contributed by atoms with Crippen molar-refractivity contribution in [3.63, 3.8) is 0 Å². The van der Waals surface area contributed by atoms with Crippen molar-refractivity contribution in [1.29, 1.82) is 5.41 Å². The molecular weight excluding hydrogens is 200 g/mol. The average Bonchev–Trinajstić information content (AvgIpc) is 2.31. The third-order valence-electron chi connectivity index (χ3n) is 3.25. The quantitative estimate of drug-likeness (QED) is 0.510. The van der Waals surface area contributed by atoms with Crippen LogP contribution in [0.5, 0.6) is 0 Å². The molecule has 0 rings (SSSR count). The van der Waals surface area contributed by atoms with Gasteiger partial charge in [-0.25, -0.2) is 5.41 Å². The highest BCUT2D eigenvalue weighted by Gasteiger charge is 2.37. The monoisotopic (exact) mass is 226 g/mol. The summed E-state index contributed by atoms with van der Waals surface area (Å²) < 4.78 is 0. The molecule has 0 bridgehead atoms. The largest absolute Gasteiger partial charge is 0.267 e. The third kappa shape index (κ3) is 2.91. The predicted molar refractivity (Wildman–Crippen MR) is 69.0 cm³/mol. The first-order chi connectivity index (χ1) is 7.66. The van der Waals surface area contributed by atoms with E-state index in [1.54, 1.807) is 0 Å². The fourth-order valence-electron chi connectivity index (χ4n) is 2.42. The van der Waals surface area contributed by atoms with Crippen molar-refractivity contribution in [2.75, 3.05) is 26.2 Å². The summed E-state index contributed by atoms with van der Waals surface area (Å²) in [5.41, 5.74) is 0. The Balaban J connectivity index is 5.34. The SMILES string of the molecule is CCN(CC)C(CC)(N=C=N)N(CC)CC. The maximum atomic E-state index is 7.18. The van der Waals surface area contributed by atoms with Crippen molar-refractivity contribution >= 4 is 6.01 Å². The second-order valence-electron chi connectivity index (χ2n) is 3.70. The second-order valence-corrected chi connectivity index (χ2v) is 3.70. The summed E-state index contributed by atoms with van der Waals surface area (Å²) in [6, 6.07) is 2.25. The van der Waals surface area contributed by atoms with E-state index in [1.807, 2.05) is 0 Å². The van der Waals surface area contributed by atoms with Gasteiger partial charge in [0.15, 0.2) is 5.79 Å². The first kappa shape index (κ1) is 15.3. The Bertz CT molecular complexity index is 213. The number of rotatable bonds is 8. The summed E-state index contributed by atoms with van der Waals surface area (Å²) in [5, 5.41) is 7.18. The summed E-state index contributed by atoms with van der Waals surface area (Å²) >= 11 is 0. The van der Waals surface area contributed by atoms with E-state index in [0.29, 0.717) is 0 Å². The molecule has 94 valence electrons. The van der Waals surface area contributed by atoms with Gasteiger partial charge in [-0.05, 0) is 32.6 Å². The fourth-order valence-corrected chi connectivity index (χ4v) is 2.42. The van der Waals surface area contributed by atoms with Crippen LogP contribution in [0.2, 0.25) is 0 Å². The van der Waals surface area contributed by atoms with Gasteiger partial charge in [0.05, 0.1) is 6.01 Å². The molecule has 0 aliphatic heterocycles. The van der Waals surface area contributed by atoms with Gasteiger partial charge in [0.25, 0.3) is 0 Å². The highest BCUT2D eigenvalue weighted by Crippen LogP contribution is 2.25. The van der Waals surface area contributed by atoms with Crippen LogP contribution in [0.15, 0.2) is 4.99 Å². The Morgan fingerprint density at radius 3 is 1.50 bits per heavy atom. The number of nitrogens with zero attached hydrogens (tertiary/aromatic N) is 3. The van der Waals surface area contributed by atoms with Gasteiger partial charge in [-0.2, -0.15) is 4.99 Å². The molecule has 0 aromatic heterocycles. The Labute approximate surface area is 99.9 Å². The van der Waals surface area contributed by atoms with E-state index in [9.17, 15) is 0 Å². The zero-order valence-corrected chi connectivity index (χ0v) is 11.4. The van der Waals surface area contributed by atoms with E-state index in [0.717, 1.165) is 32.6 Å². The van der Waals surface area contributed by atoms with Crippen molar-refractivity contribution in [2.45, 2.75) is 46.8 Å². The Kier molecular flexibility index (Phi) is 7.22. The standard InChI is InChI=1S/C12H26N4/c1-6-12(14-11-13,15(7-2)8-3)16(9-4)10-5/h13H,6-10H2,1-5H3. The molecular formula is C12H26N4. The molecule has 0 fully saturated rings. The molecule has 0 saturated heterocycles. The Morgan fingerprint density at radius 2 is 1.31 bits per heavy atom. The van der Waals surface area contributed by atoms with Crippen LogP contribution < -0.4 is 0 Å². The van der Waals surface area contributed by atoms with Gasteiger partial charge in [-0.1, -0.05) is 34.6 Å². The van der Waals surface area contributed by atoms with Gasteiger partial charge in [0, 0.05) is 0 Å². The lowest BCUT2D eigenvalue weighted by Crippen LogP contribution is -2.59. The Morgan fingerprint density at radius 1 is 0.938 bits per heavy atom. The van der Waals surface area contributed by atoms with E-state index < -0.39 is 0 Å². The molecule has 0 saturated carbocycles. The fraction of sp³-hybridized carbons (Fsp3) is 0.917. The lowest BCUT2D eigenvalue weighted by molar-refractivity contribution is -0.0462. The van der Waals surface area contributed by atoms with Gasteiger partial charge in [0.2, 0.25) is 0 Å². The molecule has 0 aromatic rings. The topological polar surface area (TPSA) is 42.7 Å². The average molecular weight is 226 g/mol. The molecule has 0 aromatic carbocycles. The molecule has 0 heterocycles. The molecule has 0 unspecified atom stereocenters. The molecule has 4 heteroatoms. The van der Waals surface area contributed by atoms with E-state index in [4.69, 9.17) is 5.41 Å². The molecule has 1 N–H and O–H groups in total. The molecule has 0 atom stereocenters. The highest BCUT2D eigenvalue weighted by atomic mass is 15.5. The minimum atomic E-state index is -0.380. The molecule has 0 aliphatic carbocycles. The molecule has 0 aliphatic rings. The summed E-state index contributed by atoms with van der Waals surface area (Å²) in [7, 11) is 0. The minimum Gasteiger partial charge on any atom is -0.267 e. The lowest BCUT2D eigenvalue weighted by atomic mass is 10.1. The molecule has 0 spiro atoms. The van der Waals surface area contributed by atoms with Gasteiger partial charge >= 0.3 is 0 Å². The van der Waals surface area contributed by atoms with E-state index >= 15 is 0 Å². The van der Waals surface area contributed by atoms with Crippen LogP contribution >= 0.6 is 0 Å². The summed E-state index contributed by atoms with van der Waals surface area (Å²) in [4.78, 5) is 8.91. The van der Waals surface area contributed by atoms with Crippen LogP contribution in [0.25, 0.3) is 0 Å². The summed E-state index contributed by atoms with van der Waals surface area (Å²) in [6.07, 6.45) is 0.877. The molecule has 0 amide bonds. The van der Waals surface area contributed by atoms with E-state index in [1.165, 1.54) is 0 Å². The Hall–Kier alpha value is -0.700. The molecule has 0 radical (unpaired) electrons. The number of hydrogen-bond donors (Lipinski definition) is 1. The van der Waals surface area contributed by atoms with Crippen molar-refractivity contribution < 1.29 is 0 Å². The van der Waals surface area contributed by atoms with Gasteiger partial charge in [-0.3, -0.25) is 9.80 Å². The van der Waals surface area contributed by atoms with Crippen molar-refractivity contribution in [3.05, 3.63) is 0 Å². The van der Waals surface area contributed by atoms with Crippen LogP contribution in [-0.2, 0) is 0 Å². The van der Waals surface area contributed by atoms with Crippen LogP contribution in [0.3, 0.4) is 0 Å². The minimum absolute atomic E-state index is 0.380. The first-order valence-electron chi connectivity index (χ1n) is 6.30.